The van der Waals surface area contributed by atoms with E-state index in [0.717, 1.165) is 24.3 Å². The summed E-state index contributed by atoms with van der Waals surface area (Å²) in [5.74, 6) is -0.628. The molecule has 0 fully saturated rings. The van der Waals surface area contributed by atoms with E-state index >= 15 is 0 Å². The Morgan fingerprint density at radius 1 is 1.05 bits per heavy atom. The highest BCUT2D eigenvalue weighted by Crippen LogP contribution is 2.37. The lowest BCUT2D eigenvalue weighted by molar-refractivity contribution is -0.360. The second-order valence-electron chi connectivity index (χ2n) is 4.18. The van der Waals surface area contributed by atoms with Crippen LogP contribution < -0.4 is 4.74 Å². The summed E-state index contributed by atoms with van der Waals surface area (Å²) >= 11 is 5.39. The Balaban J connectivity index is 2.79. The fourth-order valence-corrected chi connectivity index (χ4v) is 1.65. The number of benzene rings is 1. The normalized spacial score (nSPS) is 15.6. The summed E-state index contributed by atoms with van der Waals surface area (Å²) in [5.41, 5.74) is 0.135. The Kier molecular flexibility index (Phi) is 5.77. The minimum atomic E-state index is -5.83. The zero-order valence-electron chi connectivity index (χ0n) is 10.4. The molecule has 0 aliphatic heterocycles. The molecule has 0 heterocycles. The molecule has 0 spiro atoms. The van der Waals surface area contributed by atoms with Gasteiger partial charge >= 0.3 is 12.3 Å². The largest absolute Gasteiger partial charge is 0.499 e. The highest BCUT2D eigenvalue weighted by molar-refractivity contribution is 6.17. The van der Waals surface area contributed by atoms with Crippen molar-refractivity contribution < 1.29 is 36.9 Å². The van der Waals surface area contributed by atoms with Crippen LogP contribution in [0.25, 0.3) is 0 Å². The maximum absolute atomic E-state index is 12.7. The summed E-state index contributed by atoms with van der Waals surface area (Å²) in [6, 6.07) is 3.82. The lowest BCUT2D eigenvalue weighted by Gasteiger charge is -2.21. The molecule has 1 aromatic rings. The number of aliphatic hydroxyl groups is 2. The molecule has 3 nitrogen and oxygen atoms in total. The lowest BCUT2D eigenvalue weighted by atomic mass is 10.0. The van der Waals surface area contributed by atoms with Crippen LogP contribution in [0, 0.1) is 0 Å². The van der Waals surface area contributed by atoms with Crippen molar-refractivity contribution in [3.8, 4) is 5.75 Å². The monoisotopic (exact) mass is 334 g/mol. The van der Waals surface area contributed by atoms with E-state index in [4.69, 9.17) is 11.6 Å². The first-order chi connectivity index (χ1) is 9.58. The number of aliphatic hydroxyl groups excluding tert-OH is 2. The molecule has 0 aromatic heterocycles. The zero-order valence-corrected chi connectivity index (χ0v) is 11.2. The van der Waals surface area contributed by atoms with E-state index in [1.54, 1.807) is 0 Å². The minimum Gasteiger partial charge on any atom is -0.426 e. The first-order valence-electron chi connectivity index (χ1n) is 5.74. The SMILES string of the molecule is OC(CCCl)C(O)c1ccc(OC(F)(F)C(F)(F)F)cc1. The molecule has 2 unspecified atom stereocenters. The first kappa shape index (κ1) is 17.9. The summed E-state index contributed by atoms with van der Waals surface area (Å²) < 4.78 is 64.8. The highest BCUT2D eigenvalue weighted by Gasteiger charge is 2.61. The van der Waals surface area contributed by atoms with Gasteiger partial charge in [0.15, 0.2) is 0 Å². The van der Waals surface area contributed by atoms with Gasteiger partial charge in [0.1, 0.15) is 11.9 Å². The molecular weight excluding hydrogens is 323 g/mol. The molecule has 0 saturated carbocycles. The van der Waals surface area contributed by atoms with Crippen LogP contribution >= 0.6 is 11.6 Å². The van der Waals surface area contributed by atoms with Crippen LogP contribution in [0.1, 0.15) is 18.1 Å². The van der Waals surface area contributed by atoms with Gasteiger partial charge in [-0.2, -0.15) is 22.0 Å². The van der Waals surface area contributed by atoms with Gasteiger partial charge in [0.2, 0.25) is 0 Å². The number of hydrogen-bond donors (Lipinski definition) is 2. The fraction of sp³-hybridized carbons (Fsp3) is 0.500. The zero-order chi connectivity index (χ0) is 16.3. The Hall–Kier alpha value is -1.12. The molecule has 0 aliphatic carbocycles. The van der Waals surface area contributed by atoms with Crippen molar-refractivity contribution in [1.82, 2.24) is 0 Å². The third-order valence-corrected chi connectivity index (χ3v) is 2.79. The van der Waals surface area contributed by atoms with Gasteiger partial charge in [-0.25, -0.2) is 0 Å². The lowest BCUT2D eigenvalue weighted by Crippen LogP contribution is -2.41. The van der Waals surface area contributed by atoms with Gasteiger partial charge in [-0.1, -0.05) is 12.1 Å². The van der Waals surface area contributed by atoms with E-state index < -0.39 is 30.2 Å². The van der Waals surface area contributed by atoms with Crippen LogP contribution in [0.4, 0.5) is 22.0 Å². The molecular formula is C12H12ClF5O3. The van der Waals surface area contributed by atoms with Crippen molar-refractivity contribution in [1.29, 1.82) is 0 Å². The van der Waals surface area contributed by atoms with Crippen LogP contribution in [-0.2, 0) is 0 Å². The van der Waals surface area contributed by atoms with Gasteiger partial charge in [0.25, 0.3) is 0 Å². The average Bonchev–Trinajstić information content (AvgIpc) is 2.37. The molecule has 0 bridgehead atoms. The fourth-order valence-electron chi connectivity index (χ4n) is 1.43. The second kappa shape index (κ2) is 6.76. The summed E-state index contributed by atoms with van der Waals surface area (Å²) in [7, 11) is 0. The molecule has 2 atom stereocenters. The summed E-state index contributed by atoms with van der Waals surface area (Å²) in [6.07, 6.45) is -13.6. The van der Waals surface area contributed by atoms with E-state index in [2.05, 4.69) is 4.74 Å². The predicted octanol–water partition coefficient (Wildman–Crippen LogP) is 3.24. The smallest absolute Gasteiger partial charge is 0.426 e. The van der Waals surface area contributed by atoms with E-state index in [9.17, 15) is 32.2 Å². The van der Waals surface area contributed by atoms with Gasteiger partial charge < -0.3 is 14.9 Å². The first-order valence-corrected chi connectivity index (χ1v) is 6.27. The topological polar surface area (TPSA) is 49.7 Å². The van der Waals surface area contributed by atoms with E-state index in [0.29, 0.717) is 0 Å². The van der Waals surface area contributed by atoms with Gasteiger partial charge in [0, 0.05) is 5.88 Å². The molecule has 0 saturated heterocycles. The molecule has 0 radical (unpaired) electrons. The number of ether oxygens (including phenoxy) is 1. The Bertz CT molecular complexity index is 449. The van der Waals surface area contributed by atoms with Crippen LogP contribution in [0.15, 0.2) is 24.3 Å². The molecule has 120 valence electrons. The third kappa shape index (κ3) is 4.69. The average molecular weight is 335 g/mol. The number of halogens is 6. The number of rotatable bonds is 6. The Labute approximate surface area is 121 Å². The Morgan fingerprint density at radius 3 is 2.00 bits per heavy atom. The third-order valence-electron chi connectivity index (χ3n) is 2.57. The quantitative estimate of drug-likeness (QED) is 0.620. The van der Waals surface area contributed by atoms with Crippen molar-refractivity contribution >= 4 is 11.6 Å². The summed E-state index contributed by atoms with van der Waals surface area (Å²) in [4.78, 5) is 0. The second-order valence-corrected chi connectivity index (χ2v) is 4.55. The Morgan fingerprint density at radius 2 is 1.57 bits per heavy atom. The van der Waals surface area contributed by atoms with Crippen LogP contribution in [0.5, 0.6) is 5.75 Å². The van der Waals surface area contributed by atoms with Crippen molar-refractivity contribution in [2.75, 3.05) is 5.88 Å². The predicted molar refractivity (Wildman–Crippen MR) is 64.4 cm³/mol. The van der Waals surface area contributed by atoms with E-state index in [1.807, 2.05) is 0 Å². The maximum Gasteiger partial charge on any atom is 0.499 e. The van der Waals surface area contributed by atoms with E-state index in [1.165, 1.54) is 0 Å². The number of alkyl halides is 6. The molecule has 0 amide bonds. The molecule has 9 heteroatoms. The highest BCUT2D eigenvalue weighted by atomic mass is 35.5. The van der Waals surface area contributed by atoms with Gasteiger partial charge in [-0.3, -0.25) is 0 Å². The van der Waals surface area contributed by atoms with Crippen molar-refractivity contribution in [3.05, 3.63) is 29.8 Å². The minimum absolute atomic E-state index is 0.0904. The van der Waals surface area contributed by atoms with Gasteiger partial charge in [-0.05, 0) is 24.1 Å². The van der Waals surface area contributed by atoms with Crippen molar-refractivity contribution in [2.45, 2.75) is 30.9 Å². The van der Waals surface area contributed by atoms with Crippen LogP contribution in [-0.4, -0.2) is 34.5 Å². The van der Waals surface area contributed by atoms with Gasteiger partial charge in [-0.15, -0.1) is 11.6 Å². The summed E-state index contributed by atoms with van der Waals surface area (Å²) in [6.45, 7) is 0. The standard InChI is InChI=1S/C12H12ClF5O3/c13-6-5-9(19)10(20)7-1-3-8(4-2-7)21-12(17,18)11(14,15)16/h1-4,9-10,19-20H,5-6H2. The molecule has 1 aromatic carbocycles. The van der Waals surface area contributed by atoms with Crippen LogP contribution in [0.2, 0.25) is 0 Å². The molecule has 1 rings (SSSR count). The number of hydrogen-bond acceptors (Lipinski definition) is 3. The molecule has 0 aliphatic rings. The van der Waals surface area contributed by atoms with Crippen molar-refractivity contribution in [3.63, 3.8) is 0 Å². The van der Waals surface area contributed by atoms with Crippen LogP contribution in [0.3, 0.4) is 0 Å². The maximum atomic E-state index is 12.7. The van der Waals surface area contributed by atoms with E-state index in [-0.39, 0.29) is 17.9 Å². The van der Waals surface area contributed by atoms with Gasteiger partial charge in [0.05, 0.1) is 6.10 Å². The van der Waals surface area contributed by atoms with Crippen molar-refractivity contribution in [2.24, 2.45) is 0 Å². The summed E-state index contributed by atoms with van der Waals surface area (Å²) in [5, 5.41) is 19.2. The molecule has 2 N–H and O–H groups in total. The molecule has 21 heavy (non-hydrogen) atoms.